The molecule has 1 aliphatic heterocycles. The molecule has 0 fully saturated rings. The van der Waals surface area contributed by atoms with Crippen molar-refractivity contribution >= 4 is 5.91 Å². The molecule has 0 saturated carbocycles. The summed E-state index contributed by atoms with van der Waals surface area (Å²) in [5.41, 5.74) is 1.84. The van der Waals surface area contributed by atoms with Crippen molar-refractivity contribution in [2.45, 2.75) is 12.8 Å². The molecule has 1 aromatic heterocycles. The Bertz CT molecular complexity index is 309. The van der Waals surface area contributed by atoms with Crippen molar-refractivity contribution in [1.29, 1.82) is 0 Å². The first-order chi connectivity index (χ1) is 5.88. The van der Waals surface area contributed by atoms with Crippen LogP contribution in [0.15, 0.2) is 18.5 Å². The van der Waals surface area contributed by atoms with E-state index < -0.39 is 0 Å². The highest BCUT2D eigenvalue weighted by atomic mass is 16.1. The SMILES string of the molecule is O=C1NCCCc2cnccc21. The number of aromatic nitrogens is 1. The Morgan fingerprint density at radius 3 is 3.33 bits per heavy atom. The number of aryl methyl sites for hydroxylation is 1. The van der Waals surface area contributed by atoms with E-state index in [4.69, 9.17) is 0 Å². The average molecular weight is 162 g/mol. The number of carbonyl (C=O) groups is 1. The molecule has 2 heterocycles. The smallest absolute Gasteiger partial charge is 0.251 e. The summed E-state index contributed by atoms with van der Waals surface area (Å²) in [7, 11) is 0. The first-order valence-electron chi connectivity index (χ1n) is 4.09. The van der Waals surface area contributed by atoms with Gasteiger partial charge >= 0.3 is 0 Å². The predicted molar refractivity (Wildman–Crippen MR) is 44.9 cm³/mol. The molecule has 1 amide bonds. The number of hydrogen-bond acceptors (Lipinski definition) is 2. The molecule has 0 unspecified atom stereocenters. The maximum absolute atomic E-state index is 11.4. The topological polar surface area (TPSA) is 42.0 Å². The molecular formula is C9H10N2O. The normalized spacial score (nSPS) is 16.2. The lowest BCUT2D eigenvalue weighted by Crippen LogP contribution is -2.22. The lowest BCUT2D eigenvalue weighted by molar-refractivity contribution is 0.0956. The number of amides is 1. The molecule has 1 aromatic rings. The molecule has 1 N–H and O–H groups in total. The number of hydrogen-bond donors (Lipinski definition) is 1. The predicted octanol–water partition coefficient (Wildman–Crippen LogP) is 0.758. The fraction of sp³-hybridized carbons (Fsp3) is 0.333. The van der Waals surface area contributed by atoms with Gasteiger partial charge in [-0.05, 0) is 24.5 Å². The zero-order chi connectivity index (χ0) is 8.39. The Balaban J connectivity index is 2.46. The minimum atomic E-state index is 0.0323. The highest BCUT2D eigenvalue weighted by Crippen LogP contribution is 2.11. The third-order valence-electron chi connectivity index (χ3n) is 2.06. The Labute approximate surface area is 70.8 Å². The summed E-state index contributed by atoms with van der Waals surface area (Å²) >= 11 is 0. The lowest BCUT2D eigenvalue weighted by Gasteiger charge is -2.01. The molecule has 0 atom stereocenters. The van der Waals surface area contributed by atoms with Crippen LogP contribution in [0.2, 0.25) is 0 Å². The minimum Gasteiger partial charge on any atom is -0.352 e. The van der Waals surface area contributed by atoms with Gasteiger partial charge in [0.25, 0.3) is 5.91 Å². The summed E-state index contributed by atoms with van der Waals surface area (Å²) in [6.07, 6.45) is 5.39. The summed E-state index contributed by atoms with van der Waals surface area (Å²) in [6.45, 7) is 0.771. The van der Waals surface area contributed by atoms with E-state index in [1.165, 1.54) is 0 Å². The number of nitrogens with zero attached hydrogens (tertiary/aromatic N) is 1. The van der Waals surface area contributed by atoms with Crippen LogP contribution in [0.3, 0.4) is 0 Å². The van der Waals surface area contributed by atoms with E-state index in [9.17, 15) is 4.79 Å². The zero-order valence-corrected chi connectivity index (χ0v) is 6.71. The van der Waals surface area contributed by atoms with Gasteiger partial charge in [-0.25, -0.2) is 0 Å². The van der Waals surface area contributed by atoms with Gasteiger partial charge in [0.05, 0.1) is 0 Å². The quantitative estimate of drug-likeness (QED) is 0.612. The van der Waals surface area contributed by atoms with Crippen LogP contribution in [0.4, 0.5) is 0 Å². The molecule has 0 radical (unpaired) electrons. The number of nitrogens with one attached hydrogen (secondary N) is 1. The fourth-order valence-electron chi connectivity index (χ4n) is 1.42. The molecular weight excluding hydrogens is 152 g/mol. The molecule has 1 aliphatic rings. The summed E-state index contributed by atoms with van der Waals surface area (Å²) in [6, 6.07) is 1.77. The second-order valence-electron chi connectivity index (χ2n) is 2.89. The van der Waals surface area contributed by atoms with Crippen LogP contribution in [0.1, 0.15) is 22.3 Å². The van der Waals surface area contributed by atoms with Crippen LogP contribution in [-0.2, 0) is 6.42 Å². The van der Waals surface area contributed by atoms with Gasteiger partial charge in [-0.15, -0.1) is 0 Å². The van der Waals surface area contributed by atoms with Gasteiger partial charge in [0, 0.05) is 24.5 Å². The third kappa shape index (κ3) is 1.18. The number of rotatable bonds is 0. The molecule has 3 nitrogen and oxygen atoms in total. The van der Waals surface area contributed by atoms with Gasteiger partial charge in [0.15, 0.2) is 0 Å². The Morgan fingerprint density at radius 2 is 2.42 bits per heavy atom. The van der Waals surface area contributed by atoms with E-state index in [-0.39, 0.29) is 5.91 Å². The average Bonchev–Trinajstić information content (AvgIpc) is 2.29. The molecule has 3 heteroatoms. The maximum Gasteiger partial charge on any atom is 0.251 e. The van der Waals surface area contributed by atoms with Crippen molar-refractivity contribution in [3.05, 3.63) is 29.6 Å². The van der Waals surface area contributed by atoms with E-state index in [0.717, 1.165) is 30.5 Å². The van der Waals surface area contributed by atoms with Crippen LogP contribution in [0, 0.1) is 0 Å². The van der Waals surface area contributed by atoms with Gasteiger partial charge in [-0.1, -0.05) is 0 Å². The van der Waals surface area contributed by atoms with E-state index in [2.05, 4.69) is 10.3 Å². The highest BCUT2D eigenvalue weighted by molar-refractivity contribution is 5.95. The molecule has 12 heavy (non-hydrogen) atoms. The number of pyridine rings is 1. The summed E-state index contributed by atoms with van der Waals surface area (Å²) in [5.74, 6) is 0.0323. The molecule has 0 bridgehead atoms. The molecule has 0 spiro atoms. The van der Waals surface area contributed by atoms with Crippen LogP contribution < -0.4 is 5.32 Å². The summed E-state index contributed by atoms with van der Waals surface area (Å²) < 4.78 is 0. The monoisotopic (exact) mass is 162 g/mol. The molecule has 62 valence electrons. The summed E-state index contributed by atoms with van der Waals surface area (Å²) in [5, 5.41) is 2.83. The van der Waals surface area contributed by atoms with Crippen molar-refractivity contribution in [2.24, 2.45) is 0 Å². The lowest BCUT2D eigenvalue weighted by atomic mass is 10.1. The molecule has 0 aliphatic carbocycles. The Hall–Kier alpha value is -1.38. The van der Waals surface area contributed by atoms with Gasteiger partial charge < -0.3 is 5.32 Å². The Morgan fingerprint density at radius 1 is 1.50 bits per heavy atom. The van der Waals surface area contributed by atoms with E-state index in [0.29, 0.717) is 0 Å². The first-order valence-corrected chi connectivity index (χ1v) is 4.09. The van der Waals surface area contributed by atoms with E-state index in [1.807, 2.05) is 0 Å². The Kier molecular flexibility index (Phi) is 1.78. The molecule has 0 aromatic carbocycles. The van der Waals surface area contributed by atoms with E-state index in [1.54, 1.807) is 18.5 Å². The van der Waals surface area contributed by atoms with Crippen molar-refractivity contribution < 1.29 is 4.79 Å². The molecule has 2 rings (SSSR count). The van der Waals surface area contributed by atoms with Gasteiger partial charge in [0.2, 0.25) is 0 Å². The van der Waals surface area contributed by atoms with E-state index >= 15 is 0 Å². The van der Waals surface area contributed by atoms with Gasteiger partial charge in [-0.2, -0.15) is 0 Å². The van der Waals surface area contributed by atoms with Crippen molar-refractivity contribution in [1.82, 2.24) is 10.3 Å². The number of fused-ring (bicyclic) bond motifs is 1. The standard InChI is InChI=1S/C9H10N2O/c12-9-8-3-5-10-6-7(8)2-1-4-11-9/h3,5-6H,1-2,4H2,(H,11,12). The second-order valence-corrected chi connectivity index (χ2v) is 2.89. The van der Waals surface area contributed by atoms with Crippen molar-refractivity contribution in [3.63, 3.8) is 0 Å². The minimum absolute atomic E-state index is 0.0323. The van der Waals surface area contributed by atoms with Crippen LogP contribution >= 0.6 is 0 Å². The molecule has 0 saturated heterocycles. The van der Waals surface area contributed by atoms with Crippen molar-refractivity contribution in [3.8, 4) is 0 Å². The van der Waals surface area contributed by atoms with Gasteiger partial charge in [-0.3, -0.25) is 9.78 Å². The largest absolute Gasteiger partial charge is 0.352 e. The van der Waals surface area contributed by atoms with Crippen molar-refractivity contribution in [2.75, 3.05) is 6.54 Å². The fourth-order valence-corrected chi connectivity index (χ4v) is 1.42. The summed E-state index contributed by atoms with van der Waals surface area (Å²) in [4.78, 5) is 15.4. The van der Waals surface area contributed by atoms with Crippen LogP contribution in [0.25, 0.3) is 0 Å². The highest BCUT2D eigenvalue weighted by Gasteiger charge is 2.13. The van der Waals surface area contributed by atoms with Crippen LogP contribution in [-0.4, -0.2) is 17.4 Å². The van der Waals surface area contributed by atoms with Gasteiger partial charge in [0.1, 0.15) is 0 Å². The maximum atomic E-state index is 11.4. The third-order valence-corrected chi connectivity index (χ3v) is 2.06. The second kappa shape index (κ2) is 2.93. The first kappa shape index (κ1) is 7.28. The van der Waals surface area contributed by atoms with Crippen LogP contribution in [0.5, 0.6) is 0 Å². The number of carbonyl (C=O) groups excluding carboxylic acids is 1. The zero-order valence-electron chi connectivity index (χ0n) is 6.71.